The largest absolute Gasteiger partial charge is 0.331 e. The number of imidazole rings is 1. The lowest BCUT2D eigenvalue weighted by molar-refractivity contribution is 0.534. The van der Waals surface area contributed by atoms with Gasteiger partial charge >= 0.3 is 0 Å². The zero-order valence-electron chi connectivity index (χ0n) is 11.5. The van der Waals surface area contributed by atoms with Crippen molar-refractivity contribution in [3.63, 3.8) is 0 Å². The van der Waals surface area contributed by atoms with Crippen molar-refractivity contribution >= 4 is 0 Å². The van der Waals surface area contributed by atoms with E-state index in [0.717, 1.165) is 19.0 Å². The maximum Gasteiger partial charge on any atom is 0.112 e. The number of nitrogens with zero attached hydrogens (tertiary/aromatic N) is 2. The summed E-state index contributed by atoms with van der Waals surface area (Å²) in [6.45, 7) is 5.59. The molecule has 1 fully saturated rings. The van der Waals surface area contributed by atoms with E-state index >= 15 is 0 Å². The summed E-state index contributed by atoms with van der Waals surface area (Å²) in [6.07, 6.45) is 9.27. The molecule has 0 aromatic carbocycles. The Balaban J connectivity index is 1.74. The van der Waals surface area contributed by atoms with E-state index in [0.29, 0.717) is 0 Å². The van der Waals surface area contributed by atoms with Crippen LogP contribution in [0.4, 0.5) is 0 Å². The molecule has 1 N–H and O–H groups in total. The Morgan fingerprint density at radius 1 is 1.28 bits per heavy atom. The molecule has 1 aromatic heterocycles. The molecular formula is C15H25N3. The molecule has 2 heterocycles. The molecule has 100 valence electrons. The average molecular weight is 247 g/mol. The molecule has 18 heavy (non-hydrogen) atoms. The van der Waals surface area contributed by atoms with E-state index in [2.05, 4.69) is 16.8 Å². The molecule has 2 aliphatic rings. The molecule has 1 aromatic rings. The second-order valence-electron chi connectivity index (χ2n) is 5.78. The lowest BCUT2D eigenvalue weighted by Gasteiger charge is -2.16. The summed E-state index contributed by atoms with van der Waals surface area (Å²) < 4.78 is 2.57. The van der Waals surface area contributed by atoms with Crippen molar-refractivity contribution < 1.29 is 0 Å². The van der Waals surface area contributed by atoms with Gasteiger partial charge in [0.05, 0.1) is 5.69 Å². The molecule has 0 bridgehead atoms. The fourth-order valence-corrected chi connectivity index (χ4v) is 2.99. The Morgan fingerprint density at radius 3 is 2.94 bits per heavy atom. The van der Waals surface area contributed by atoms with Gasteiger partial charge in [0.15, 0.2) is 0 Å². The van der Waals surface area contributed by atoms with E-state index in [-0.39, 0.29) is 0 Å². The van der Waals surface area contributed by atoms with Gasteiger partial charge in [0.1, 0.15) is 5.82 Å². The van der Waals surface area contributed by atoms with Gasteiger partial charge in [0, 0.05) is 37.7 Å². The van der Waals surface area contributed by atoms with Gasteiger partial charge in [0.2, 0.25) is 0 Å². The minimum atomic E-state index is 0.779. The average Bonchev–Trinajstić information content (AvgIpc) is 3.17. The number of aromatic nitrogens is 2. The first kappa shape index (κ1) is 12.2. The maximum atomic E-state index is 4.91. The fourth-order valence-electron chi connectivity index (χ4n) is 2.99. The zero-order valence-corrected chi connectivity index (χ0v) is 11.5. The van der Waals surface area contributed by atoms with Crippen LogP contribution in [0.25, 0.3) is 0 Å². The Kier molecular flexibility index (Phi) is 3.69. The normalized spacial score (nSPS) is 18.9. The molecule has 3 nitrogen and oxygen atoms in total. The molecule has 3 rings (SSSR count). The summed E-state index contributed by atoms with van der Waals surface area (Å²) in [7, 11) is 0. The molecular weight excluding hydrogens is 222 g/mol. The van der Waals surface area contributed by atoms with E-state index < -0.39 is 0 Å². The summed E-state index contributed by atoms with van der Waals surface area (Å²) in [5, 5.41) is 3.44. The Hall–Kier alpha value is -0.830. The Bertz CT molecular complexity index is 404. The Morgan fingerprint density at radius 2 is 2.17 bits per heavy atom. The second kappa shape index (κ2) is 5.43. The van der Waals surface area contributed by atoms with Crippen LogP contribution in [0.15, 0.2) is 0 Å². The lowest BCUT2D eigenvalue weighted by atomic mass is 10.1. The number of rotatable bonds is 6. The van der Waals surface area contributed by atoms with Crippen molar-refractivity contribution in [3.05, 3.63) is 17.2 Å². The number of fused-ring (bicyclic) bond motifs is 1. The minimum absolute atomic E-state index is 0.779. The quantitative estimate of drug-likeness (QED) is 0.783. The van der Waals surface area contributed by atoms with Crippen LogP contribution < -0.4 is 5.32 Å². The summed E-state index contributed by atoms with van der Waals surface area (Å²) in [6, 6.07) is 0. The van der Waals surface area contributed by atoms with Crippen LogP contribution in [0.5, 0.6) is 0 Å². The Labute approximate surface area is 110 Å². The second-order valence-corrected chi connectivity index (χ2v) is 5.78. The predicted octanol–water partition coefficient (Wildman–Crippen LogP) is 2.99. The van der Waals surface area contributed by atoms with Crippen LogP contribution in [0.3, 0.4) is 0 Å². The van der Waals surface area contributed by atoms with E-state index in [1.807, 2.05) is 0 Å². The van der Waals surface area contributed by atoms with Crippen LogP contribution in [-0.4, -0.2) is 16.1 Å². The monoisotopic (exact) mass is 247 g/mol. The van der Waals surface area contributed by atoms with Crippen molar-refractivity contribution in [3.8, 4) is 0 Å². The molecule has 1 saturated carbocycles. The molecule has 0 amide bonds. The third-order valence-electron chi connectivity index (χ3n) is 4.19. The van der Waals surface area contributed by atoms with E-state index in [4.69, 9.17) is 4.98 Å². The third kappa shape index (κ3) is 2.46. The summed E-state index contributed by atoms with van der Waals surface area (Å²) in [4.78, 5) is 4.91. The zero-order chi connectivity index (χ0) is 12.4. The van der Waals surface area contributed by atoms with Gasteiger partial charge in [-0.3, -0.25) is 0 Å². The highest BCUT2D eigenvalue weighted by atomic mass is 15.1. The van der Waals surface area contributed by atoms with Crippen molar-refractivity contribution in [2.24, 2.45) is 0 Å². The van der Waals surface area contributed by atoms with Crippen molar-refractivity contribution in [1.82, 2.24) is 14.9 Å². The van der Waals surface area contributed by atoms with Gasteiger partial charge < -0.3 is 9.88 Å². The molecule has 0 spiro atoms. The topological polar surface area (TPSA) is 29.9 Å². The first-order valence-corrected chi connectivity index (χ1v) is 7.69. The van der Waals surface area contributed by atoms with Gasteiger partial charge in [-0.25, -0.2) is 4.98 Å². The van der Waals surface area contributed by atoms with Crippen molar-refractivity contribution in [2.75, 3.05) is 6.54 Å². The summed E-state index contributed by atoms with van der Waals surface area (Å²) >= 11 is 0. The number of unbranched alkanes of at least 4 members (excludes halogenated alkanes) is 3. The minimum Gasteiger partial charge on any atom is -0.331 e. The molecule has 0 unspecified atom stereocenters. The van der Waals surface area contributed by atoms with Crippen LogP contribution in [0.1, 0.15) is 68.6 Å². The molecule has 3 heteroatoms. The predicted molar refractivity (Wildman–Crippen MR) is 73.8 cm³/mol. The third-order valence-corrected chi connectivity index (χ3v) is 4.19. The first-order chi connectivity index (χ1) is 8.90. The smallest absolute Gasteiger partial charge is 0.112 e. The maximum absolute atomic E-state index is 4.91. The standard InChI is InChI=1S/C15H25N3/c1-2-3-4-5-10-18-14-8-9-16-11-13(14)17-15(18)12-6-7-12/h12,16H,2-11H2,1H3. The van der Waals surface area contributed by atoms with Gasteiger partial charge in [-0.1, -0.05) is 26.2 Å². The van der Waals surface area contributed by atoms with Gasteiger partial charge in [0.25, 0.3) is 0 Å². The van der Waals surface area contributed by atoms with Crippen molar-refractivity contribution in [2.45, 2.75) is 70.9 Å². The van der Waals surface area contributed by atoms with Crippen LogP contribution in [0.2, 0.25) is 0 Å². The van der Waals surface area contributed by atoms with Gasteiger partial charge in [-0.15, -0.1) is 0 Å². The number of hydrogen-bond donors (Lipinski definition) is 1. The molecule has 0 saturated heterocycles. The number of hydrogen-bond acceptors (Lipinski definition) is 2. The van der Waals surface area contributed by atoms with Crippen LogP contribution in [-0.2, 0) is 19.5 Å². The molecule has 1 aliphatic heterocycles. The van der Waals surface area contributed by atoms with Gasteiger partial charge in [-0.2, -0.15) is 0 Å². The van der Waals surface area contributed by atoms with E-state index in [1.165, 1.54) is 68.7 Å². The highest BCUT2D eigenvalue weighted by Gasteiger charge is 2.31. The van der Waals surface area contributed by atoms with E-state index in [1.54, 1.807) is 0 Å². The van der Waals surface area contributed by atoms with Crippen LogP contribution >= 0.6 is 0 Å². The molecule has 1 aliphatic carbocycles. The van der Waals surface area contributed by atoms with Crippen LogP contribution in [0, 0.1) is 0 Å². The highest BCUT2D eigenvalue weighted by molar-refractivity contribution is 5.24. The molecule has 0 radical (unpaired) electrons. The summed E-state index contributed by atoms with van der Waals surface area (Å²) in [5.74, 6) is 2.18. The van der Waals surface area contributed by atoms with E-state index in [9.17, 15) is 0 Å². The van der Waals surface area contributed by atoms with Gasteiger partial charge in [-0.05, 0) is 19.3 Å². The first-order valence-electron chi connectivity index (χ1n) is 7.69. The fraction of sp³-hybridized carbons (Fsp3) is 0.800. The highest BCUT2D eigenvalue weighted by Crippen LogP contribution is 2.40. The number of nitrogens with one attached hydrogen (secondary N) is 1. The SMILES string of the molecule is CCCCCCn1c(C2CC2)nc2c1CCNC2. The molecule has 0 atom stereocenters. The van der Waals surface area contributed by atoms with Crippen molar-refractivity contribution in [1.29, 1.82) is 0 Å². The lowest BCUT2D eigenvalue weighted by Crippen LogP contribution is -2.25. The summed E-state index contributed by atoms with van der Waals surface area (Å²) in [5.41, 5.74) is 2.87.